The number of anilines is 1. The zero-order valence-electron chi connectivity index (χ0n) is 15.0. The normalized spacial score (nSPS) is 19.6. The van der Waals surface area contributed by atoms with Crippen molar-refractivity contribution in [1.82, 2.24) is 9.80 Å². The van der Waals surface area contributed by atoms with Gasteiger partial charge in [-0.2, -0.15) is 0 Å². The van der Waals surface area contributed by atoms with E-state index in [4.69, 9.17) is 0 Å². The molecule has 5 nitrogen and oxygen atoms in total. The third-order valence-corrected chi connectivity index (χ3v) is 5.34. The van der Waals surface area contributed by atoms with Gasteiger partial charge in [-0.25, -0.2) is 0 Å². The molecule has 1 aromatic rings. The maximum absolute atomic E-state index is 12.5. The average Bonchev–Trinajstić information content (AvgIpc) is 2.64. The zero-order valence-corrected chi connectivity index (χ0v) is 15.0. The SMILES string of the molecule is O=C(CN1CCN(C(=O)CC2CCCCC2)CC1)Nc1ccccc1. The fourth-order valence-corrected chi connectivity index (χ4v) is 3.85. The summed E-state index contributed by atoms with van der Waals surface area (Å²) >= 11 is 0. The molecule has 3 rings (SSSR count). The Morgan fingerprint density at radius 3 is 2.32 bits per heavy atom. The Bertz CT molecular complexity index is 562. The van der Waals surface area contributed by atoms with Gasteiger partial charge in [0.05, 0.1) is 6.54 Å². The summed E-state index contributed by atoms with van der Waals surface area (Å²) in [5, 5.41) is 2.92. The monoisotopic (exact) mass is 343 g/mol. The van der Waals surface area contributed by atoms with Crippen LogP contribution in [0.1, 0.15) is 38.5 Å². The zero-order chi connectivity index (χ0) is 17.5. The van der Waals surface area contributed by atoms with E-state index >= 15 is 0 Å². The number of hydrogen-bond donors (Lipinski definition) is 1. The van der Waals surface area contributed by atoms with Gasteiger partial charge in [0, 0.05) is 38.3 Å². The standard InChI is InChI=1S/C20H29N3O2/c24-19(21-18-9-5-2-6-10-18)16-22-11-13-23(14-12-22)20(25)15-17-7-3-1-4-8-17/h2,5-6,9-10,17H,1,3-4,7-8,11-16H2,(H,21,24). The van der Waals surface area contributed by atoms with Crippen molar-refractivity contribution < 1.29 is 9.59 Å². The molecule has 0 unspecified atom stereocenters. The molecule has 0 atom stereocenters. The van der Waals surface area contributed by atoms with Crippen LogP contribution in [0.3, 0.4) is 0 Å². The smallest absolute Gasteiger partial charge is 0.238 e. The lowest BCUT2D eigenvalue weighted by Crippen LogP contribution is -2.50. The van der Waals surface area contributed by atoms with Crippen molar-refractivity contribution in [3.05, 3.63) is 30.3 Å². The number of piperazine rings is 1. The molecule has 2 amide bonds. The number of nitrogens with zero attached hydrogens (tertiary/aromatic N) is 2. The number of carbonyl (C=O) groups excluding carboxylic acids is 2. The number of nitrogens with one attached hydrogen (secondary N) is 1. The van der Waals surface area contributed by atoms with Crippen LogP contribution >= 0.6 is 0 Å². The van der Waals surface area contributed by atoms with Gasteiger partial charge in [0.25, 0.3) is 0 Å². The maximum atomic E-state index is 12.5. The van der Waals surface area contributed by atoms with Gasteiger partial charge >= 0.3 is 0 Å². The summed E-state index contributed by atoms with van der Waals surface area (Å²) in [4.78, 5) is 28.7. The lowest BCUT2D eigenvalue weighted by Gasteiger charge is -2.35. The van der Waals surface area contributed by atoms with Crippen molar-refractivity contribution >= 4 is 17.5 Å². The lowest BCUT2D eigenvalue weighted by atomic mass is 9.86. The quantitative estimate of drug-likeness (QED) is 0.894. The fraction of sp³-hybridized carbons (Fsp3) is 0.600. The summed E-state index contributed by atoms with van der Waals surface area (Å²) in [5.41, 5.74) is 0.828. The predicted molar refractivity (Wildman–Crippen MR) is 99.3 cm³/mol. The van der Waals surface area contributed by atoms with E-state index in [-0.39, 0.29) is 5.91 Å². The number of amides is 2. The molecular formula is C20H29N3O2. The molecule has 25 heavy (non-hydrogen) atoms. The van der Waals surface area contributed by atoms with Gasteiger partial charge in [0.1, 0.15) is 0 Å². The van der Waals surface area contributed by atoms with Crippen LogP contribution in [0, 0.1) is 5.92 Å². The lowest BCUT2D eigenvalue weighted by molar-refractivity contribution is -0.134. The molecule has 1 N–H and O–H groups in total. The Hall–Kier alpha value is -1.88. The van der Waals surface area contributed by atoms with E-state index in [1.807, 2.05) is 35.2 Å². The molecule has 2 fully saturated rings. The number of hydrogen-bond acceptors (Lipinski definition) is 3. The first kappa shape index (κ1) is 17.9. The first-order valence-corrected chi connectivity index (χ1v) is 9.56. The third kappa shape index (κ3) is 5.56. The first-order valence-electron chi connectivity index (χ1n) is 9.56. The van der Waals surface area contributed by atoms with Crippen molar-refractivity contribution in [3.63, 3.8) is 0 Å². The van der Waals surface area contributed by atoms with Crippen LogP contribution in [0.2, 0.25) is 0 Å². The van der Waals surface area contributed by atoms with E-state index in [2.05, 4.69) is 10.2 Å². The minimum Gasteiger partial charge on any atom is -0.340 e. The van der Waals surface area contributed by atoms with E-state index < -0.39 is 0 Å². The Morgan fingerprint density at radius 1 is 0.960 bits per heavy atom. The molecule has 0 radical (unpaired) electrons. The molecule has 1 saturated heterocycles. The molecular weight excluding hydrogens is 314 g/mol. The molecule has 5 heteroatoms. The summed E-state index contributed by atoms with van der Waals surface area (Å²) in [5.74, 6) is 0.907. The summed E-state index contributed by atoms with van der Waals surface area (Å²) in [7, 11) is 0. The van der Waals surface area contributed by atoms with Crippen LogP contribution in [-0.4, -0.2) is 54.3 Å². The molecule has 0 spiro atoms. The third-order valence-electron chi connectivity index (χ3n) is 5.34. The Balaban J connectivity index is 1.37. The highest BCUT2D eigenvalue weighted by Crippen LogP contribution is 2.27. The largest absolute Gasteiger partial charge is 0.340 e. The van der Waals surface area contributed by atoms with E-state index in [0.717, 1.165) is 31.9 Å². The number of para-hydroxylation sites is 1. The highest BCUT2D eigenvalue weighted by molar-refractivity contribution is 5.92. The second kappa shape index (κ2) is 8.99. The summed E-state index contributed by atoms with van der Waals surface area (Å²) < 4.78 is 0. The fourth-order valence-electron chi connectivity index (χ4n) is 3.85. The minimum atomic E-state index is 0.00758. The first-order chi connectivity index (χ1) is 12.2. The van der Waals surface area contributed by atoms with Gasteiger partial charge < -0.3 is 10.2 Å². The predicted octanol–water partition coefficient (Wildman–Crippen LogP) is 2.74. The van der Waals surface area contributed by atoms with Crippen molar-refractivity contribution in [3.8, 4) is 0 Å². The average molecular weight is 343 g/mol. The van der Waals surface area contributed by atoms with Gasteiger partial charge in [-0.05, 0) is 30.9 Å². The van der Waals surface area contributed by atoms with Crippen LogP contribution in [0.5, 0.6) is 0 Å². The van der Waals surface area contributed by atoms with Gasteiger partial charge in [-0.15, -0.1) is 0 Å². The van der Waals surface area contributed by atoms with Crippen molar-refractivity contribution in [2.75, 3.05) is 38.0 Å². The Morgan fingerprint density at radius 2 is 1.64 bits per heavy atom. The van der Waals surface area contributed by atoms with Crippen LogP contribution in [0.4, 0.5) is 5.69 Å². The molecule has 1 aromatic carbocycles. The highest BCUT2D eigenvalue weighted by Gasteiger charge is 2.25. The molecule has 1 aliphatic heterocycles. The molecule has 0 bridgehead atoms. The minimum absolute atomic E-state index is 0.00758. The Labute approximate surface area is 150 Å². The second-order valence-electron chi connectivity index (χ2n) is 7.28. The van der Waals surface area contributed by atoms with Crippen molar-refractivity contribution in [1.29, 1.82) is 0 Å². The van der Waals surface area contributed by atoms with E-state index in [1.54, 1.807) is 0 Å². The van der Waals surface area contributed by atoms with Crippen molar-refractivity contribution in [2.24, 2.45) is 5.92 Å². The molecule has 1 aliphatic carbocycles. The van der Waals surface area contributed by atoms with E-state index in [0.29, 0.717) is 24.8 Å². The van der Waals surface area contributed by atoms with Crippen LogP contribution in [0.25, 0.3) is 0 Å². The highest BCUT2D eigenvalue weighted by atomic mass is 16.2. The number of rotatable bonds is 5. The molecule has 1 heterocycles. The van der Waals surface area contributed by atoms with Gasteiger partial charge in [-0.3, -0.25) is 14.5 Å². The van der Waals surface area contributed by atoms with Crippen LogP contribution in [0.15, 0.2) is 30.3 Å². The van der Waals surface area contributed by atoms with E-state index in [1.165, 1.54) is 32.1 Å². The Kier molecular flexibility index (Phi) is 6.45. The molecule has 1 saturated carbocycles. The topological polar surface area (TPSA) is 52.7 Å². The maximum Gasteiger partial charge on any atom is 0.238 e. The molecule has 2 aliphatic rings. The molecule has 136 valence electrons. The summed E-state index contributed by atoms with van der Waals surface area (Å²) in [6, 6.07) is 9.53. The van der Waals surface area contributed by atoms with Gasteiger partial charge in [0.2, 0.25) is 11.8 Å². The van der Waals surface area contributed by atoms with Gasteiger partial charge in [0.15, 0.2) is 0 Å². The summed E-state index contributed by atoms with van der Waals surface area (Å²) in [6.07, 6.45) is 7.03. The number of benzene rings is 1. The summed E-state index contributed by atoms with van der Waals surface area (Å²) in [6.45, 7) is 3.42. The van der Waals surface area contributed by atoms with Gasteiger partial charge in [-0.1, -0.05) is 37.5 Å². The van der Waals surface area contributed by atoms with Crippen LogP contribution in [-0.2, 0) is 9.59 Å². The second-order valence-corrected chi connectivity index (χ2v) is 7.28. The van der Waals surface area contributed by atoms with E-state index in [9.17, 15) is 9.59 Å². The van der Waals surface area contributed by atoms with Crippen molar-refractivity contribution in [2.45, 2.75) is 38.5 Å². The number of carbonyl (C=O) groups is 2. The molecule has 0 aromatic heterocycles. The van der Waals surface area contributed by atoms with Crippen LogP contribution < -0.4 is 5.32 Å².